The highest BCUT2D eigenvalue weighted by atomic mass is 32.2. The molecule has 2 N–H and O–H groups in total. The minimum atomic E-state index is -3.54. The minimum absolute atomic E-state index is 0.294. The van der Waals surface area contributed by atoms with Gasteiger partial charge < -0.3 is 10.1 Å². The molecule has 0 aromatic carbocycles. The average molecular weight is 327 g/mol. The Kier molecular flexibility index (Phi) is 5.16. The summed E-state index contributed by atoms with van der Waals surface area (Å²) in [5.74, 6) is 0.668. The zero-order valence-electron chi connectivity index (χ0n) is 11.8. The number of nitrogens with one attached hydrogen (secondary N) is 2. The highest BCUT2D eigenvalue weighted by Gasteiger charge is 2.16. The van der Waals surface area contributed by atoms with E-state index >= 15 is 0 Å². The van der Waals surface area contributed by atoms with E-state index in [0.29, 0.717) is 28.9 Å². The van der Waals surface area contributed by atoms with Gasteiger partial charge in [-0.25, -0.2) is 13.4 Å². The van der Waals surface area contributed by atoms with Gasteiger partial charge in [0, 0.05) is 18.5 Å². The number of rotatable bonds is 7. The Morgan fingerprint density at radius 3 is 2.67 bits per heavy atom. The van der Waals surface area contributed by atoms with Crippen molar-refractivity contribution in [3.63, 3.8) is 0 Å². The molecule has 6 nitrogen and oxygen atoms in total. The van der Waals surface area contributed by atoms with Gasteiger partial charge in [0.25, 0.3) is 10.0 Å². The number of aryl methyl sites for hydroxylation is 1. The maximum Gasteiger partial charge on any atom is 0.271 e. The fraction of sp³-hybridized carbons (Fsp3) is 0.308. The Bertz CT molecular complexity index is 681. The fourth-order valence-electron chi connectivity index (χ4n) is 1.60. The highest BCUT2D eigenvalue weighted by Crippen LogP contribution is 2.23. The molecule has 114 valence electrons. The summed E-state index contributed by atoms with van der Waals surface area (Å²) in [5.41, 5.74) is 0.429. The third kappa shape index (κ3) is 4.42. The van der Waals surface area contributed by atoms with Gasteiger partial charge >= 0.3 is 0 Å². The molecule has 0 fully saturated rings. The number of methoxy groups -OCH3 is 1. The van der Waals surface area contributed by atoms with Crippen molar-refractivity contribution in [2.45, 2.75) is 11.1 Å². The Hall–Kier alpha value is -1.64. The maximum atomic E-state index is 12.2. The lowest BCUT2D eigenvalue weighted by molar-refractivity contribution is 0.210. The second-order valence-corrected chi connectivity index (χ2v) is 7.52. The molecule has 2 heterocycles. The lowest BCUT2D eigenvalue weighted by Gasteiger charge is -2.08. The summed E-state index contributed by atoms with van der Waals surface area (Å²) >= 11 is 1.23. The van der Waals surface area contributed by atoms with Gasteiger partial charge in [-0.2, -0.15) is 0 Å². The van der Waals surface area contributed by atoms with Crippen LogP contribution in [0, 0.1) is 6.92 Å². The summed E-state index contributed by atoms with van der Waals surface area (Å²) in [6.07, 6.45) is 1.48. The number of pyridine rings is 1. The van der Waals surface area contributed by atoms with Crippen molar-refractivity contribution >= 4 is 32.9 Å². The van der Waals surface area contributed by atoms with Gasteiger partial charge in [-0.05, 0) is 31.2 Å². The Balaban J connectivity index is 2.03. The zero-order valence-corrected chi connectivity index (χ0v) is 13.4. The zero-order chi connectivity index (χ0) is 15.3. The normalized spacial score (nSPS) is 11.3. The molecule has 2 rings (SSSR count). The molecule has 0 saturated carbocycles. The molecule has 0 unspecified atom stereocenters. The van der Waals surface area contributed by atoms with Crippen molar-refractivity contribution in [3.8, 4) is 0 Å². The van der Waals surface area contributed by atoms with Crippen LogP contribution >= 0.6 is 11.3 Å². The first-order valence-corrected chi connectivity index (χ1v) is 8.59. The number of anilines is 2. The van der Waals surface area contributed by atoms with Crippen molar-refractivity contribution in [1.29, 1.82) is 0 Å². The first kappa shape index (κ1) is 15.7. The van der Waals surface area contributed by atoms with Gasteiger partial charge in [0.05, 0.1) is 18.5 Å². The van der Waals surface area contributed by atoms with Crippen molar-refractivity contribution in [3.05, 3.63) is 35.3 Å². The van der Waals surface area contributed by atoms with Crippen LogP contribution in [-0.2, 0) is 14.8 Å². The van der Waals surface area contributed by atoms with Crippen LogP contribution in [0.1, 0.15) is 4.88 Å². The SMILES string of the molecule is COCCNc1ccc(NS(=O)(=O)c2ccc(C)s2)cn1. The summed E-state index contributed by atoms with van der Waals surface area (Å²) in [5, 5.41) is 3.06. The predicted octanol–water partition coefficient (Wildman–Crippen LogP) is 2.31. The minimum Gasteiger partial charge on any atom is -0.383 e. The topological polar surface area (TPSA) is 80.3 Å². The van der Waals surface area contributed by atoms with Crippen LogP contribution in [0.25, 0.3) is 0 Å². The van der Waals surface area contributed by atoms with Crippen LogP contribution in [-0.4, -0.2) is 33.7 Å². The van der Waals surface area contributed by atoms with Crippen molar-refractivity contribution < 1.29 is 13.2 Å². The van der Waals surface area contributed by atoms with Crippen LogP contribution in [0.5, 0.6) is 0 Å². The quantitative estimate of drug-likeness (QED) is 0.763. The average Bonchev–Trinajstić information content (AvgIpc) is 2.88. The van der Waals surface area contributed by atoms with E-state index in [1.807, 2.05) is 6.92 Å². The standard InChI is InChI=1S/C13H17N3O3S2/c1-10-3-6-13(20-10)21(17,18)16-11-4-5-12(15-9-11)14-7-8-19-2/h3-6,9,16H,7-8H2,1-2H3,(H,14,15). The Morgan fingerprint density at radius 1 is 1.29 bits per heavy atom. The van der Waals surface area contributed by atoms with Crippen molar-refractivity contribution in [1.82, 2.24) is 4.98 Å². The molecular formula is C13H17N3O3S2. The molecule has 0 aliphatic rings. The van der Waals surface area contributed by atoms with E-state index < -0.39 is 10.0 Å². The molecule has 8 heteroatoms. The fourth-order valence-corrected chi connectivity index (χ4v) is 3.93. The Morgan fingerprint density at radius 2 is 2.10 bits per heavy atom. The molecule has 0 saturated heterocycles. The van der Waals surface area contributed by atoms with E-state index in [0.717, 1.165) is 4.88 Å². The number of ether oxygens (including phenoxy) is 1. The van der Waals surface area contributed by atoms with Crippen molar-refractivity contribution in [2.24, 2.45) is 0 Å². The number of hydrogen-bond donors (Lipinski definition) is 2. The summed E-state index contributed by atoms with van der Waals surface area (Å²) in [6, 6.07) is 6.75. The number of thiophene rings is 1. The van der Waals surface area contributed by atoms with Crippen molar-refractivity contribution in [2.75, 3.05) is 30.3 Å². The van der Waals surface area contributed by atoms with Crippen LogP contribution in [0.4, 0.5) is 11.5 Å². The van der Waals surface area contributed by atoms with E-state index in [9.17, 15) is 8.42 Å². The largest absolute Gasteiger partial charge is 0.383 e. The summed E-state index contributed by atoms with van der Waals surface area (Å²) in [6.45, 7) is 3.09. The number of hydrogen-bond acceptors (Lipinski definition) is 6. The van der Waals surface area contributed by atoms with Gasteiger partial charge in [0.15, 0.2) is 0 Å². The van der Waals surface area contributed by atoms with Gasteiger partial charge in [-0.3, -0.25) is 4.72 Å². The summed E-state index contributed by atoms with van der Waals surface area (Å²) < 4.78 is 32.0. The molecule has 0 amide bonds. The van der Waals surface area contributed by atoms with E-state index in [1.54, 1.807) is 31.4 Å². The first-order valence-electron chi connectivity index (χ1n) is 6.29. The second-order valence-electron chi connectivity index (χ2n) is 4.32. The molecule has 0 bridgehead atoms. The molecule has 0 radical (unpaired) electrons. The third-order valence-corrected chi connectivity index (χ3v) is 5.48. The number of sulfonamides is 1. The van der Waals surface area contributed by atoms with Crippen LogP contribution in [0.15, 0.2) is 34.7 Å². The second kappa shape index (κ2) is 6.88. The lowest BCUT2D eigenvalue weighted by atomic mass is 10.4. The third-order valence-electron chi connectivity index (χ3n) is 2.61. The monoisotopic (exact) mass is 327 g/mol. The van der Waals surface area contributed by atoms with Gasteiger partial charge in [0.1, 0.15) is 10.0 Å². The highest BCUT2D eigenvalue weighted by molar-refractivity contribution is 7.94. The van der Waals surface area contributed by atoms with E-state index in [2.05, 4.69) is 15.0 Å². The molecule has 2 aromatic heterocycles. The number of nitrogens with zero attached hydrogens (tertiary/aromatic N) is 1. The van der Waals surface area contributed by atoms with Gasteiger partial charge in [-0.15, -0.1) is 11.3 Å². The summed E-state index contributed by atoms with van der Waals surface area (Å²) in [4.78, 5) is 5.09. The van der Waals surface area contributed by atoms with Crippen LogP contribution in [0.2, 0.25) is 0 Å². The van der Waals surface area contributed by atoms with Gasteiger partial charge in [-0.1, -0.05) is 0 Å². The van der Waals surface area contributed by atoms with Crippen LogP contribution < -0.4 is 10.0 Å². The van der Waals surface area contributed by atoms with E-state index in [4.69, 9.17) is 4.74 Å². The van der Waals surface area contributed by atoms with E-state index in [1.165, 1.54) is 17.5 Å². The molecule has 0 aliphatic carbocycles. The molecular weight excluding hydrogens is 310 g/mol. The lowest BCUT2D eigenvalue weighted by Crippen LogP contribution is -2.12. The maximum absolute atomic E-state index is 12.2. The first-order chi connectivity index (χ1) is 10.0. The van der Waals surface area contributed by atoms with E-state index in [-0.39, 0.29) is 0 Å². The molecule has 2 aromatic rings. The van der Waals surface area contributed by atoms with Gasteiger partial charge in [0.2, 0.25) is 0 Å². The Labute approximate surface area is 128 Å². The summed E-state index contributed by atoms with van der Waals surface area (Å²) in [7, 11) is -1.91. The smallest absolute Gasteiger partial charge is 0.271 e. The molecule has 21 heavy (non-hydrogen) atoms. The molecule has 0 spiro atoms. The molecule has 0 aliphatic heterocycles. The molecule has 0 atom stereocenters. The van der Waals surface area contributed by atoms with Crippen LogP contribution in [0.3, 0.4) is 0 Å². The predicted molar refractivity (Wildman–Crippen MR) is 84.5 cm³/mol. The number of aromatic nitrogens is 1.